The number of aryl methyl sites for hydroxylation is 2. The lowest BCUT2D eigenvalue weighted by atomic mass is 10.2. The minimum Gasteiger partial charge on any atom is -0.325 e. The van der Waals surface area contributed by atoms with Crippen LogP contribution >= 0.6 is 27.7 Å². The number of anilines is 1. The second-order valence-electron chi connectivity index (χ2n) is 5.24. The van der Waals surface area contributed by atoms with E-state index in [4.69, 9.17) is 0 Å². The van der Waals surface area contributed by atoms with Gasteiger partial charge in [-0.2, -0.15) is 0 Å². The molecular formula is C17H16BrN3OS. The molecule has 0 saturated heterocycles. The van der Waals surface area contributed by atoms with Crippen LogP contribution in [0.2, 0.25) is 0 Å². The average Bonchev–Trinajstić information content (AvgIpc) is 2.86. The SMILES string of the molecule is Cc1cc(NC(=O)CSc2nc3ccccc3n2C)ccc1Br. The quantitative estimate of drug-likeness (QED) is 0.673. The van der Waals surface area contributed by atoms with Crippen molar-refractivity contribution < 1.29 is 4.79 Å². The van der Waals surface area contributed by atoms with Crippen LogP contribution in [0.5, 0.6) is 0 Å². The number of halogens is 1. The van der Waals surface area contributed by atoms with Crippen LogP contribution in [0, 0.1) is 6.92 Å². The van der Waals surface area contributed by atoms with Crippen LogP contribution < -0.4 is 5.32 Å². The first-order chi connectivity index (χ1) is 11.0. The molecule has 0 radical (unpaired) electrons. The summed E-state index contributed by atoms with van der Waals surface area (Å²) in [6.45, 7) is 1.99. The van der Waals surface area contributed by atoms with Gasteiger partial charge in [-0.05, 0) is 42.8 Å². The van der Waals surface area contributed by atoms with E-state index in [0.717, 1.165) is 31.9 Å². The van der Waals surface area contributed by atoms with Crippen molar-refractivity contribution in [1.29, 1.82) is 0 Å². The van der Waals surface area contributed by atoms with Crippen molar-refractivity contribution in [2.75, 3.05) is 11.1 Å². The number of imidazole rings is 1. The molecule has 0 fully saturated rings. The Labute approximate surface area is 147 Å². The third-order valence-corrected chi connectivity index (χ3v) is 5.44. The summed E-state index contributed by atoms with van der Waals surface area (Å²) in [4.78, 5) is 16.7. The largest absolute Gasteiger partial charge is 0.325 e. The van der Waals surface area contributed by atoms with E-state index in [9.17, 15) is 4.79 Å². The molecule has 1 N–H and O–H groups in total. The molecule has 0 bridgehead atoms. The van der Waals surface area contributed by atoms with Gasteiger partial charge in [0.1, 0.15) is 0 Å². The topological polar surface area (TPSA) is 46.9 Å². The van der Waals surface area contributed by atoms with Crippen molar-refractivity contribution in [2.24, 2.45) is 7.05 Å². The fraction of sp³-hybridized carbons (Fsp3) is 0.176. The maximum Gasteiger partial charge on any atom is 0.234 e. The first kappa shape index (κ1) is 16.1. The van der Waals surface area contributed by atoms with Crippen molar-refractivity contribution in [3.8, 4) is 0 Å². The number of amides is 1. The molecule has 2 aromatic carbocycles. The molecule has 0 unspecified atom stereocenters. The molecule has 6 heteroatoms. The highest BCUT2D eigenvalue weighted by Crippen LogP contribution is 2.23. The molecule has 118 valence electrons. The first-order valence-electron chi connectivity index (χ1n) is 7.15. The number of thioether (sulfide) groups is 1. The average molecular weight is 390 g/mol. The van der Waals surface area contributed by atoms with Gasteiger partial charge in [-0.15, -0.1) is 0 Å². The number of aromatic nitrogens is 2. The maximum atomic E-state index is 12.1. The Balaban J connectivity index is 1.66. The third-order valence-electron chi connectivity index (χ3n) is 3.52. The molecule has 1 amide bonds. The Morgan fingerprint density at radius 2 is 2.09 bits per heavy atom. The van der Waals surface area contributed by atoms with E-state index < -0.39 is 0 Å². The van der Waals surface area contributed by atoms with E-state index in [1.807, 2.05) is 61.0 Å². The molecule has 0 aliphatic carbocycles. The molecular weight excluding hydrogens is 374 g/mol. The summed E-state index contributed by atoms with van der Waals surface area (Å²) in [6, 6.07) is 13.7. The Kier molecular flexibility index (Phi) is 4.73. The first-order valence-corrected chi connectivity index (χ1v) is 8.93. The summed E-state index contributed by atoms with van der Waals surface area (Å²) in [5, 5.41) is 3.76. The van der Waals surface area contributed by atoms with Gasteiger partial charge in [0.15, 0.2) is 5.16 Å². The lowest BCUT2D eigenvalue weighted by molar-refractivity contribution is -0.113. The Morgan fingerprint density at radius 3 is 2.83 bits per heavy atom. The Morgan fingerprint density at radius 1 is 1.30 bits per heavy atom. The molecule has 0 saturated carbocycles. The van der Waals surface area contributed by atoms with Crippen LogP contribution in [0.4, 0.5) is 5.69 Å². The van der Waals surface area contributed by atoms with Crippen LogP contribution in [0.1, 0.15) is 5.56 Å². The highest BCUT2D eigenvalue weighted by atomic mass is 79.9. The van der Waals surface area contributed by atoms with E-state index in [1.54, 1.807) is 0 Å². The molecule has 3 aromatic rings. The molecule has 0 atom stereocenters. The van der Waals surface area contributed by atoms with Crippen molar-refractivity contribution >= 4 is 50.3 Å². The maximum absolute atomic E-state index is 12.1. The third kappa shape index (κ3) is 3.59. The Hall–Kier alpha value is -1.79. The van der Waals surface area contributed by atoms with Crippen molar-refractivity contribution in [2.45, 2.75) is 12.1 Å². The zero-order chi connectivity index (χ0) is 16.4. The number of hydrogen-bond donors (Lipinski definition) is 1. The molecule has 3 rings (SSSR count). The summed E-state index contributed by atoms with van der Waals surface area (Å²) in [6.07, 6.45) is 0. The van der Waals surface area contributed by atoms with Gasteiger partial charge in [0.05, 0.1) is 16.8 Å². The molecule has 0 spiro atoms. The highest BCUT2D eigenvalue weighted by Gasteiger charge is 2.10. The molecule has 23 heavy (non-hydrogen) atoms. The van der Waals surface area contributed by atoms with E-state index in [1.165, 1.54) is 11.8 Å². The lowest BCUT2D eigenvalue weighted by Gasteiger charge is -2.07. The second kappa shape index (κ2) is 6.76. The van der Waals surface area contributed by atoms with Crippen LogP contribution in [-0.4, -0.2) is 21.2 Å². The van der Waals surface area contributed by atoms with Gasteiger partial charge >= 0.3 is 0 Å². The normalized spacial score (nSPS) is 10.9. The standard InChI is InChI=1S/C17H16BrN3OS/c1-11-9-12(7-8-13(11)18)19-16(22)10-23-17-20-14-5-3-4-6-15(14)21(17)2/h3-9H,10H2,1-2H3,(H,19,22). The van der Waals surface area contributed by atoms with E-state index >= 15 is 0 Å². The number of nitrogens with zero attached hydrogens (tertiary/aromatic N) is 2. The van der Waals surface area contributed by atoms with Gasteiger partial charge < -0.3 is 9.88 Å². The van der Waals surface area contributed by atoms with E-state index in [0.29, 0.717) is 5.75 Å². The van der Waals surface area contributed by atoms with Crippen LogP contribution in [0.15, 0.2) is 52.1 Å². The molecule has 0 aliphatic heterocycles. The minimum atomic E-state index is -0.0382. The fourth-order valence-electron chi connectivity index (χ4n) is 2.30. The van der Waals surface area contributed by atoms with Gasteiger partial charge in [0, 0.05) is 17.2 Å². The summed E-state index contributed by atoms with van der Waals surface area (Å²) >= 11 is 4.89. The number of carbonyl (C=O) groups is 1. The van der Waals surface area contributed by atoms with Gasteiger partial charge in [-0.3, -0.25) is 4.79 Å². The van der Waals surface area contributed by atoms with Crippen LogP contribution in [0.25, 0.3) is 11.0 Å². The number of benzene rings is 2. The van der Waals surface area contributed by atoms with Gasteiger partial charge in [-0.25, -0.2) is 4.98 Å². The zero-order valence-corrected chi connectivity index (χ0v) is 15.2. The number of fused-ring (bicyclic) bond motifs is 1. The number of para-hydroxylation sites is 2. The van der Waals surface area contributed by atoms with Crippen LogP contribution in [-0.2, 0) is 11.8 Å². The fourth-order valence-corrected chi connectivity index (χ4v) is 3.34. The van der Waals surface area contributed by atoms with Crippen LogP contribution in [0.3, 0.4) is 0 Å². The number of rotatable bonds is 4. The predicted octanol–water partition coefficient (Wildman–Crippen LogP) is 4.38. The Bertz CT molecular complexity index is 875. The summed E-state index contributed by atoms with van der Waals surface area (Å²) in [5.41, 5.74) is 3.91. The number of hydrogen-bond acceptors (Lipinski definition) is 3. The molecule has 4 nitrogen and oxygen atoms in total. The molecule has 0 aliphatic rings. The van der Waals surface area contributed by atoms with Crippen molar-refractivity contribution in [3.05, 3.63) is 52.5 Å². The van der Waals surface area contributed by atoms with Crippen molar-refractivity contribution in [3.63, 3.8) is 0 Å². The minimum absolute atomic E-state index is 0.0382. The summed E-state index contributed by atoms with van der Waals surface area (Å²) in [5.74, 6) is 0.288. The zero-order valence-electron chi connectivity index (χ0n) is 12.8. The summed E-state index contributed by atoms with van der Waals surface area (Å²) in [7, 11) is 1.97. The predicted molar refractivity (Wildman–Crippen MR) is 98.9 cm³/mol. The van der Waals surface area contributed by atoms with E-state index in [2.05, 4.69) is 26.2 Å². The van der Waals surface area contributed by atoms with Gasteiger partial charge in [0.25, 0.3) is 0 Å². The molecule has 1 aromatic heterocycles. The lowest BCUT2D eigenvalue weighted by Crippen LogP contribution is -2.14. The highest BCUT2D eigenvalue weighted by molar-refractivity contribution is 9.10. The smallest absolute Gasteiger partial charge is 0.234 e. The van der Waals surface area contributed by atoms with E-state index in [-0.39, 0.29) is 5.91 Å². The second-order valence-corrected chi connectivity index (χ2v) is 7.04. The van der Waals surface area contributed by atoms with Crippen molar-refractivity contribution in [1.82, 2.24) is 9.55 Å². The summed E-state index contributed by atoms with van der Waals surface area (Å²) < 4.78 is 3.04. The van der Waals surface area contributed by atoms with Gasteiger partial charge in [0.2, 0.25) is 5.91 Å². The number of nitrogens with one attached hydrogen (secondary N) is 1. The monoisotopic (exact) mass is 389 g/mol. The van der Waals surface area contributed by atoms with Gasteiger partial charge in [-0.1, -0.05) is 39.8 Å². The molecule has 1 heterocycles. The number of carbonyl (C=O) groups excluding carboxylic acids is 1.